The van der Waals surface area contributed by atoms with Crippen LogP contribution in [0.4, 0.5) is 0 Å². The summed E-state index contributed by atoms with van der Waals surface area (Å²) < 4.78 is 5.14. The van der Waals surface area contributed by atoms with Gasteiger partial charge in [0.2, 0.25) is 0 Å². The zero-order chi connectivity index (χ0) is 12.5. The van der Waals surface area contributed by atoms with Crippen LogP contribution < -0.4 is 4.74 Å². The summed E-state index contributed by atoms with van der Waals surface area (Å²) in [6, 6.07) is 5.70. The van der Waals surface area contributed by atoms with E-state index in [1.54, 1.807) is 7.11 Å². The lowest BCUT2D eigenvalue weighted by Gasteiger charge is -2.32. The summed E-state index contributed by atoms with van der Waals surface area (Å²) in [5, 5.41) is 19.0. The van der Waals surface area contributed by atoms with Gasteiger partial charge in [0.15, 0.2) is 0 Å². The Kier molecular flexibility index (Phi) is 3.07. The summed E-state index contributed by atoms with van der Waals surface area (Å²) in [5.74, 6) is -0.156. The molecule has 17 heavy (non-hydrogen) atoms. The van der Waals surface area contributed by atoms with E-state index < -0.39 is 11.6 Å². The standard InChI is InChI=1S/C13H16O4/c1-17-11-3-2-10-7-13(16,8-12(14)15)5-4-9(10)6-11/h2-3,6,16H,4-5,7-8H2,1H3,(H,14,15). The van der Waals surface area contributed by atoms with E-state index in [2.05, 4.69) is 0 Å². The first kappa shape index (κ1) is 11.9. The number of fused-ring (bicyclic) bond motifs is 1. The number of carboxylic acid groups (broad SMARTS) is 1. The van der Waals surface area contributed by atoms with Gasteiger partial charge in [0.05, 0.1) is 19.1 Å². The molecule has 4 nitrogen and oxygen atoms in total. The van der Waals surface area contributed by atoms with Crippen LogP contribution in [0.2, 0.25) is 0 Å². The predicted octanol–water partition coefficient (Wildman–Crippen LogP) is 1.39. The summed E-state index contributed by atoms with van der Waals surface area (Å²) in [4.78, 5) is 10.7. The maximum absolute atomic E-state index is 10.7. The van der Waals surface area contributed by atoms with Crippen LogP contribution in [0.25, 0.3) is 0 Å². The molecule has 0 saturated heterocycles. The number of hydrogen-bond donors (Lipinski definition) is 2. The van der Waals surface area contributed by atoms with Gasteiger partial charge in [-0.25, -0.2) is 0 Å². The van der Waals surface area contributed by atoms with Gasteiger partial charge in [-0.15, -0.1) is 0 Å². The molecule has 0 heterocycles. The molecule has 2 rings (SSSR count). The molecule has 1 aromatic rings. The Balaban J connectivity index is 2.22. The quantitative estimate of drug-likeness (QED) is 0.832. The molecule has 0 aromatic heterocycles. The van der Waals surface area contributed by atoms with Crippen LogP contribution in [0.1, 0.15) is 24.0 Å². The van der Waals surface area contributed by atoms with Crippen molar-refractivity contribution < 1.29 is 19.7 Å². The highest BCUT2D eigenvalue weighted by atomic mass is 16.5. The molecule has 1 atom stereocenters. The topological polar surface area (TPSA) is 66.8 Å². The van der Waals surface area contributed by atoms with E-state index in [0.717, 1.165) is 16.9 Å². The fourth-order valence-electron chi connectivity index (χ4n) is 2.38. The van der Waals surface area contributed by atoms with Gasteiger partial charge in [-0.3, -0.25) is 4.79 Å². The van der Waals surface area contributed by atoms with E-state index in [4.69, 9.17) is 9.84 Å². The van der Waals surface area contributed by atoms with Gasteiger partial charge in [0, 0.05) is 6.42 Å². The monoisotopic (exact) mass is 236 g/mol. The smallest absolute Gasteiger partial charge is 0.306 e. The van der Waals surface area contributed by atoms with Gasteiger partial charge in [-0.05, 0) is 36.1 Å². The van der Waals surface area contributed by atoms with Crippen LogP contribution in [-0.4, -0.2) is 28.9 Å². The fourth-order valence-corrected chi connectivity index (χ4v) is 2.38. The van der Waals surface area contributed by atoms with Gasteiger partial charge in [-0.2, -0.15) is 0 Å². The first-order valence-electron chi connectivity index (χ1n) is 5.62. The minimum Gasteiger partial charge on any atom is -0.497 e. The largest absolute Gasteiger partial charge is 0.497 e. The second-order valence-corrected chi connectivity index (χ2v) is 4.61. The third kappa shape index (κ3) is 2.58. The third-order valence-corrected chi connectivity index (χ3v) is 3.27. The van der Waals surface area contributed by atoms with Crippen LogP contribution in [-0.2, 0) is 17.6 Å². The normalized spacial score (nSPS) is 22.9. The Morgan fingerprint density at radius 2 is 2.24 bits per heavy atom. The molecule has 1 unspecified atom stereocenters. The number of benzene rings is 1. The molecule has 92 valence electrons. The van der Waals surface area contributed by atoms with E-state index in [0.29, 0.717) is 19.3 Å². The number of ether oxygens (including phenoxy) is 1. The molecule has 0 fully saturated rings. The molecular formula is C13H16O4. The molecule has 0 bridgehead atoms. The highest BCUT2D eigenvalue weighted by molar-refractivity contribution is 5.68. The molecule has 1 aliphatic rings. The molecule has 0 aliphatic heterocycles. The lowest BCUT2D eigenvalue weighted by Crippen LogP contribution is -2.38. The fraction of sp³-hybridized carbons (Fsp3) is 0.462. The van der Waals surface area contributed by atoms with Gasteiger partial charge in [0.25, 0.3) is 0 Å². The number of hydrogen-bond acceptors (Lipinski definition) is 3. The number of aryl methyl sites for hydroxylation is 1. The van der Waals surface area contributed by atoms with Crippen LogP contribution in [0.15, 0.2) is 18.2 Å². The number of carboxylic acids is 1. The van der Waals surface area contributed by atoms with Crippen LogP contribution in [0.5, 0.6) is 5.75 Å². The van der Waals surface area contributed by atoms with Gasteiger partial charge >= 0.3 is 5.97 Å². The first-order chi connectivity index (χ1) is 8.02. The highest BCUT2D eigenvalue weighted by Crippen LogP contribution is 2.32. The van der Waals surface area contributed by atoms with E-state index in [1.807, 2.05) is 18.2 Å². The number of rotatable bonds is 3. The molecule has 1 aromatic carbocycles. The van der Waals surface area contributed by atoms with Crippen molar-refractivity contribution in [2.75, 3.05) is 7.11 Å². The van der Waals surface area contributed by atoms with Crippen LogP contribution in [0.3, 0.4) is 0 Å². The van der Waals surface area contributed by atoms with Crippen molar-refractivity contribution in [1.82, 2.24) is 0 Å². The van der Waals surface area contributed by atoms with Crippen LogP contribution in [0, 0.1) is 0 Å². The average molecular weight is 236 g/mol. The van der Waals surface area contributed by atoms with Crippen molar-refractivity contribution in [3.8, 4) is 5.75 Å². The average Bonchev–Trinajstić information content (AvgIpc) is 2.27. The molecule has 4 heteroatoms. The number of carbonyl (C=O) groups is 1. The van der Waals surface area contributed by atoms with Crippen molar-refractivity contribution in [2.45, 2.75) is 31.3 Å². The second kappa shape index (κ2) is 4.37. The van der Waals surface area contributed by atoms with Crippen LogP contribution >= 0.6 is 0 Å². The highest BCUT2D eigenvalue weighted by Gasteiger charge is 2.34. The van der Waals surface area contributed by atoms with E-state index in [1.165, 1.54) is 0 Å². The number of methoxy groups -OCH3 is 1. The zero-order valence-electron chi connectivity index (χ0n) is 9.77. The minimum atomic E-state index is -1.10. The van der Waals surface area contributed by atoms with Crippen molar-refractivity contribution in [3.05, 3.63) is 29.3 Å². The SMILES string of the molecule is COc1ccc2c(c1)CCC(O)(CC(=O)O)C2. The number of aliphatic carboxylic acids is 1. The van der Waals surface area contributed by atoms with E-state index >= 15 is 0 Å². The summed E-state index contributed by atoms with van der Waals surface area (Å²) in [6.07, 6.45) is 1.38. The number of aliphatic hydroxyl groups is 1. The molecule has 0 amide bonds. The van der Waals surface area contributed by atoms with Gasteiger partial charge in [0.1, 0.15) is 5.75 Å². The predicted molar refractivity (Wildman–Crippen MR) is 62.2 cm³/mol. The molecule has 0 radical (unpaired) electrons. The second-order valence-electron chi connectivity index (χ2n) is 4.61. The molecule has 2 N–H and O–H groups in total. The maximum atomic E-state index is 10.7. The minimum absolute atomic E-state index is 0.196. The van der Waals surface area contributed by atoms with Gasteiger partial charge < -0.3 is 14.9 Å². The van der Waals surface area contributed by atoms with E-state index in [-0.39, 0.29) is 6.42 Å². The van der Waals surface area contributed by atoms with E-state index in [9.17, 15) is 9.90 Å². The summed E-state index contributed by atoms with van der Waals surface area (Å²) in [7, 11) is 1.62. The Morgan fingerprint density at radius 3 is 2.88 bits per heavy atom. The lowest BCUT2D eigenvalue weighted by atomic mass is 9.78. The summed E-state index contributed by atoms with van der Waals surface area (Å²) >= 11 is 0. The first-order valence-corrected chi connectivity index (χ1v) is 5.62. The maximum Gasteiger partial charge on any atom is 0.306 e. The zero-order valence-corrected chi connectivity index (χ0v) is 9.77. The lowest BCUT2D eigenvalue weighted by molar-refractivity contribution is -0.143. The molecule has 0 spiro atoms. The van der Waals surface area contributed by atoms with Crippen molar-refractivity contribution >= 4 is 5.97 Å². The summed E-state index contributed by atoms with van der Waals surface area (Å²) in [5.41, 5.74) is 1.05. The molecule has 0 saturated carbocycles. The molecule has 1 aliphatic carbocycles. The Morgan fingerprint density at radius 1 is 1.47 bits per heavy atom. The van der Waals surface area contributed by atoms with Crippen molar-refractivity contribution in [3.63, 3.8) is 0 Å². The Hall–Kier alpha value is -1.55. The van der Waals surface area contributed by atoms with Crippen molar-refractivity contribution in [1.29, 1.82) is 0 Å². The molecular weight excluding hydrogens is 220 g/mol. The summed E-state index contributed by atoms with van der Waals surface area (Å²) in [6.45, 7) is 0. The van der Waals surface area contributed by atoms with Crippen molar-refractivity contribution in [2.24, 2.45) is 0 Å². The van der Waals surface area contributed by atoms with Gasteiger partial charge in [-0.1, -0.05) is 6.07 Å². The Bertz CT molecular complexity index is 441. The third-order valence-electron chi connectivity index (χ3n) is 3.27. The Labute approximate surface area is 99.8 Å².